The first-order chi connectivity index (χ1) is 8.18. The van der Waals surface area contributed by atoms with Gasteiger partial charge in [-0.05, 0) is 25.1 Å². The molecule has 3 heteroatoms. The summed E-state index contributed by atoms with van der Waals surface area (Å²) in [5, 5.41) is 11.9. The highest BCUT2D eigenvalue weighted by molar-refractivity contribution is 5.76. The Morgan fingerprint density at radius 2 is 1.76 bits per heavy atom. The summed E-state index contributed by atoms with van der Waals surface area (Å²) in [4.78, 5) is 0. The molecule has 0 aliphatic rings. The molecule has 2 aromatic rings. The van der Waals surface area contributed by atoms with Gasteiger partial charge in [-0.2, -0.15) is 9.13 Å². The lowest BCUT2D eigenvalue weighted by Gasteiger charge is -2.06. The molecule has 0 bridgehead atoms. The van der Waals surface area contributed by atoms with Crippen molar-refractivity contribution in [3.63, 3.8) is 0 Å². The summed E-state index contributed by atoms with van der Waals surface area (Å²) in [6.07, 6.45) is 1.37. The second-order valence-electron chi connectivity index (χ2n) is 3.77. The van der Waals surface area contributed by atoms with Gasteiger partial charge in [-0.3, -0.25) is 0 Å². The van der Waals surface area contributed by atoms with Crippen molar-refractivity contribution >= 4 is 11.9 Å². The molecular weight excluding hydrogens is 217 g/mol. The molecule has 0 spiro atoms. The molecule has 17 heavy (non-hydrogen) atoms. The Balaban J connectivity index is 2.44. The summed E-state index contributed by atoms with van der Waals surface area (Å²) in [6.45, 7) is 1.71. The van der Waals surface area contributed by atoms with E-state index in [1.807, 2.05) is 18.2 Å². The van der Waals surface area contributed by atoms with E-state index in [0.29, 0.717) is 10.3 Å². The van der Waals surface area contributed by atoms with E-state index in [1.165, 1.54) is 12.3 Å². The average molecular weight is 229 g/mol. The quantitative estimate of drug-likeness (QED) is 0.335. The molecule has 0 aliphatic heterocycles. The van der Waals surface area contributed by atoms with Gasteiger partial charge in [-0.15, -0.1) is 0 Å². The average Bonchev–Trinajstić information content (AvgIpc) is 2.30. The Hall–Kier alpha value is -2.16. The largest absolute Gasteiger partial charge is 0.618 e. The summed E-state index contributed by atoms with van der Waals surface area (Å²) in [6, 6.07) is 13.7. The lowest BCUT2D eigenvalue weighted by molar-refractivity contribution is -0.357. The van der Waals surface area contributed by atoms with E-state index in [1.54, 1.807) is 31.2 Å². The van der Waals surface area contributed by atoms with Crippen molar-refractivity contribution < 1.29 is 9.13 Å². The zero-order valence-corrected chi connectivity index (χ0v) is 9.43. The smallest absolute Gasteiger partial charge is 0.255 e. The predicted octanol–water partition coefficient (Wildman–Crippen LogP) is 3.40. The molecule has 86 valence electrons. The van der Waals surface area contributed by atoms with Gasteiger partial charge in [0.05, 0.1) is 0 Å². The first-order valence-corrected chi connectivity index (χ1v) is 5.30. The van der Waals surface area contributed by atoms with Crippen LogP contribution in [0.25, 0.3) is 0 Å². The van der Waals surface area contributed by atoms with Gasteiger partial charge >= 0.3 is 0 Å². The number of para-hydroxylation sites is 1. The monoisotopic (exact) mass is 229 g/mol. The maximum absolute atomic E-state index is 13.5. The minimum Gasteiger partial charge on any atom is -0.618 e. The Bertz CT molecular complexity index is 529. The number of rotatable bonds is 2. The van der Waals surface area contributed by atoms with Crippen LogP contribution in [0.3, 0.4) is 0 Å². The maximum Gasteiger partial charge on any atom is 0.255 e. The fourth-order valence-corrected chi connectivity index (χ4v) is 1.64. The van der Waals surface area contributed by atoms with Gasteiger partial charge in [0, 0.05) is 11.1 Å². The molecule has 0 aromatic heterocycles. The molecule has 2 rings (SSSR count). The van der Waals surface area contributed by atoms with Crippen LogP contribution < -0.4 is 0 Å². The SMILES string of the molecule is Cc1cccc(F)c1[N+]([O-])=Cc1ccccc1. The molecule has 0 saturated carbocycles. The van der Waals surface area contributed by atoms with E-state index in [9.17, 15) is 9.60 Å². The maximum atomic E-state index is 13.5. The summed E-state index contributed by atoms with van der Waals surface area (Å²) < 4.78 is 14.1. The van der Waals surface area contributed by atoms with Crippen LogP contribution in [0.5, 0.6) is 0 Å². The van der Waals surface area contributed by atoms with Crippen LogP contribution in [0.1, 0.15) is 11.1 Å². The molecule has 0 atom stereocenters. The fraction of sp³-hybridized carbons (Fsp3) is 0.0714. The van der Waals surface area contributed by atoms with Crippen LogP contribution in [-0.4, -0.2) is 11.0 Å². The van der Waals surface area contributed by atoms with Crippen molar-refractivity contribution in [3.05, 3.63) is 70.7 Å². The van der Waals surface area contributed by atoms with Crippen LogP contribution in [0.2, 0.25) is 0 Å². The number of nitrogens with zero attached hydrogens (tertiary/aromatic N) is 1. The normalized spacial score (nSPS) is 11.5. The van der Waals surface area contributed by atoms with E-state index >= 15 is 0 Å². The topological polar surface area (TPSA) is 26.1 Å². The molecule has 0 unspecified atom stereocenters. The zero-order valence-electron chi connectivity index (χ0n) is 9.43. The Morgan fingerprint density at radius 1 is 1.06 bits per heavy atom. The van der Waals surface area contributed by atoms with E-state index in [4.69, 9.17) is 0 Å². The van der Waals surface area contributed by atoms with E-state index in [-0.39, 0.29) is 5.69 Å². The third-order valence-corrected chi connectivity index (χ3v) is 2.47. The van der Waals surface area contributed by atoms with Crippen LogP contribution in [0.15, 0.2) is 48.5 Å². The van der Waals surface area contributed by atoms with E-state index in [2.05, 4.69) is 0 Å². The Labute approximate surface area is 99.2 Å². The minimum absolute atomic E-state index is 0.0661. The highest BCUT2D eigenvalue weighted by Crippen LogP contribution is 2.21. The van der Waals surface area contributed by atoms with Crippen molar-refractivity contribution in [1.29, 1.82) is 0 Å². The van der Waals surface area contributed by atoms with Crippen LogP contribution in [-0.2, 0) is 0 Å². The lowest BCUT2D eigenvalue weighted by Crippen LogP contribution is -2.02. The third-order valence-electron chi connectivity index (χ3n) is 2.47. The number of aryl methyl sites for hydroxylation is 1. The predicted molar refractivity (Wildman–Crippen MR) is 66.0 cm³/mol. The molecule has 0 fully saturated rings. The van der Waals surface area contributed by atoms with Crippen molar-refractivity contribution in [3.8, 4) is 0 Å². The fourth-order valence-electron chi connectivity index (χ4n) is 1.64. The molecule has 2 aromatic carbocycles. The van der Waals surface area contributed by atoms with Gasteiger partial charge < -0.3 is 5.21 Å². The van der Waals surface area contributed by atoms with Crippen molar-refractivity contribution in [2.75, 3.05) is 0 Å². The van der Waals surface area contributed by atoms with Crippen LogP contribution in [0.4, 0.5) is 10.1 Å². The second-order valence-corrected chi connectivity index (χ2v) is 3.77. The number of hydrogen-bond acceptors (Lipinski definition) is 1. The summed E-state index contributed by atoms with van der Waals surface area (Å²) in [7, 11) is 0. The number of halogens is 1. The van der Waals surface area contributed by atoms with E-state index < -0.39 is 5.82 Å². The number of hydrogen-bond donors (Lipinski definition) is 0. The molecule has 0 N–H and O–H groups in total. The van der Waals surface area contributed by atoms with Crippen LogP contribution in [0, 0.1) is 17.9 Å². The van der Waals surface area contributed by atoms with Crippen molar-refractivity contribution in [2.45, 2.75) is 6.92 Å². The first-order valence-electron chi connectivity index (χ1n) is 5.30. The van der Waals surface area contributed by atoms with E-state index in [0.717, 1.165) is 5.56 Å². The van der Waals surface area contributed by atoms with Crippen LogP contribution >= 0.6 is 0 Å². The zero-order chi connectivity index (χ0) is 12.3. The molecule has 2 nitrogen and oxygen atoms in total. The van der Waals surface area contributed by atoms with Gasteiger partial charge in [0.25, 0.3) is 5.69 Å². The number of benzene rings is 2. The highest BCUT2D eigenvalue weighted by Gasteiger charge is 2.12. The molecule has 0 aliphatic carbocycles. The van der Waals surface area contributed by atoms with Crippen molar-refractivity contribution in [1.82, 2.24) is 0 Å². The Morgan fingerprint density at radius 3 is 2.41 bits per heavy atom. The molecule has 0 amide bonds. The molecule has 0 heterocycles. The minimum atomic E-state index is -0.507. The Kier molecular flexibility index (Phi) is 3.19. The lowest BCUT2D eigenvalue weighted by atomic mass is 10.2. The third kappa shape index (κ3) is 2.50. The van der Waals surface area contributed by atoms with Gasteiger partial charge in [0.2, 0.25) is 0 Å². The highest BCUT2D eigenvalue weighted by atomic mass is 19.1. The molecule has 0 saturated heterocycles. The molecular formula is C14H12FNO. The van der Waals surface area contributed by atoms with Gasteiger partial charge in [-0.25, -0.2) is 0 Å². The first kappa shape index (κ1) is 11.3. The van der Waals surface area contributed by atoms with Crippen molar-refractivity contribution in [2.24, 2.45) is 0 Å². The standard InChI is InChI=1S/C14H12FNO/c1-11-6-5-9-13(15)14(11)16(17)10-12-7-3-2-4-8-12/h2-10H,1H3. The summed E-state index contributed by atoms with van der Waals surface area (Å²) >= 11 is 0. The summed E-state index contributed by atoms with van der Waals surface area (Å²) in [5.74, 6) is -0.507. The molecule has 0 radical (unpaired) electrons. The summed E-state index contributed by atoms with van der Waals surface area (Å²) in [5.41, 5.74) is 1.42. The second kappa shape index (κ2) is 4.78. The van der Waals surface area contributed by atoms with Gasteiger partial charge in [-0.1, -0.05) is 30.3 Å². The van der Waals surface area contributed by atoms with Gasteiger partial charge in [0.15, 0.2) is 12.0 Å². The van der Waals surface area contributed by atoms with Gasteiger partial charge in [0.1, 0.15) is 0 Å².